The Morgan fingerprint density at radius 1 is 1.44 bits per heavy atom. The van der Waals surface area contributed by atoms with Crippen LogP contribution in [0.15, 0.2) is 28.7 Å². The van der Waals surface area contributed by atoms with Crippen LogP contribution in [0, 0.1) is 5.92 Å². The van der Waals surface area contributed by atoms with Crippen molar-refractivity contribution in [3.05, 3.63) is 34.3 Å². The minimum Gasteiger partial charge on any atom is -0.348 e. The Balaban J connectivity index is 2.65. The summed E-state index contributed by atoms with van der Waals surface area (Å²) in [6.07, 6.45) is 0.903. The maximum Gasteiger partial charge on any atom is 0.237 e. The van der Waals surface area contributed by atoms with Crippen LogP contribution in [0.1, 0.15) is 38.8 Å². The maximum absolute atomic E-state index is 12.0. The lowest BCUT2D eigenvalue weighted by Gasteiger charge is -2.21. The zero-order valence-corrected chi connectivity index (χ0v) is 12.7. The highest BCUT2D eigenvalue weighted by atomic mass is 79.9. The molecule has 100 valence electrons. The first-order chi connectivity index (χ1) is 8.45. The van der Waals surface area contributed by atoms with Gasteiger partial charge in [-0.1, -0.05) is 48.3 Å². The van der Waals surface area contributed by atoms with Crippen LogP contribution in [0.25, 0.3) is 0 Å². The Labute approximate surface area is 117 Å². The van der Waals surface area contributed by atoms with E-state index in [0.29, 0.717) is 0 Å². The molecule has 0 saturated carbocycles. The standard InChI is InChI=1S/C14H21BrN2O/c1-4-9(2)13(16)14(18)17-10(3)11-6-5-7-12(15)8-11/h5-10,13H,4,16H2,1-3H3,(H,17,18). The van der Waals surface area contributed by atoms with Crippen molar-refractivity contribution in [2.45, 2.75) is 39.3 Å². The molecule has 1 aromatic carbocycles. The normalized spacial score (nSPS) is 15.8. The molecule has 1 amide bonds. The first-order valence-corrected chi connectivity index (χ1v) is 7.06. The average Bonchev–Trinajstić information content (AvgIpc) is 2.36. The maximum atomic E-state index is 12.0. The quantitative estimate of drug-likeness (QED) is 0.878. The van der Waals surface area contributed by atoms with Crippen molar-refractivity contribution in [2.24, 2.45) is 11.7 Å². The zero-order chi connectivity index (χ0) is 13.7. The van der Waals surface area contributed by atoms with Gasteiger partial charge in [0.15, 0.2) is 0 Å². The van der Waals surface area contributed by atoms with E-state index in [1.54, 1.807) is 0 Å². The minimum absolute atomic E-state index is 0.0369. The van der Waals surface area contributed by atoms with E-state index < -0.39 is 6.04 Å². The highest BCUT2D eigenvalue weighted by Gasteiger charge is 2.21. The van der Waals surface area contributed by atoms with Crippen LogP contribution in [-0.4, -0.2) is 11.9 Å². The molecule has 1 aromatic rings. The smallest absolute Gasteiger partial charge is 0.237 e. The number of carbonyl (C=O) groups excluding carboxylic acids is 1. The molecule has 0 bridgehead atoms. The van der Waals surface area contributed by atoms with Gasteiger partial charge in [-0.25, -0.2) is 0 Å². The average molecular weight is 313 g/mol. The summed E-state index contributed by atoms with van der Waals surface area (Å²) in [6, 6.07) is 7.43. The van der Waals surface area contributed by atoms with Crippen molar-refractivity contribution < 1.29 is 4.79 Å². The van der Waals surface area contributed by atoms with Crippen molar-refractivity contribution in [3.8, 4) is 0 Å². The molecule has 0 aliphatic rings. The van der Waals surface area contributed by atoms with Crippen LogP contribution in [0.5, 0.6) is 0 Å². The van der Waals surface area contributed by atoms with Crippen LogP contribution in [0.3, 0.4) is 0 Å². The van der Waals surface area contributed by atoms with Gasteiger partial charge in [-0.2, -0.15) is 0 Å². The lowest BCUT2D eigenvalue weighted by atomic mass is 9.98. The van der Waals surface area contributed by atoms with Gasteiger partial charge < -0.3 is 11.1 Å². The van der Waals surface area contributed by atoms with Crippen molar-refractivity contribution in [1.82, 2.24) is 5.32 Å². The minimum atomic E-state index is -0.440. The highest BCUT2D eigenvalue weighted by Crippen LogP contribution is 2.18. The predicted molar refractivity (Wildman–Crippen MR) is 78.1 cm³/mol. The number of halogens is 1. The third kappa shape index (κ3) is 4.10. The van der Waals surface area contributed by atoms with Gasteiger partial charge in [0, 0.05) is 4.47 Å². The Morgan fingerprint density at radius 2 is 2.11 bits per heavy atom. The molecule has 3 nitrogen and oxygen atoms in total. The molecule has 3 unspecified atom stereocenters. The molecule has 0 aliphatic heterocycles. The van der Waals surface area contributed by atoms with Crippen molar-refractivity contribution in [1.29, 1.82) is 0 Å². The summed E-state index contributed by atoms with van der Waals surface area (Å²) < 4.78 is 1.01. The molecule has 3 atom stereocenters. The molecule has 0 aliphatic carbocycles. The fraction of sp³-hybridized carbons (Fsp3) is 0.500. The van der Waals surface area contributed by atoms with E-state index >= 15 is 0 Å². The van der Waals surface area contributed by atoms with Gasteiger partial charge in [0.1, 0.15) is 0 Å². The summed E-state index contributed by atoms with van der Waals surface area (Å²) in [7, 11) is 0. The van der Waals surface area contributed by atoms with Crippen LogP contribution in [0.2, 0.25) is 0 Å². The SMILES string of the molecule is CCC(C)C(N)C(=O)NC(C)c1cccc(Br)c1. The second-order valence-electron chi connectivity index (χ2n) is 4.70. The van der Waals surface area contributed by atoms with Gasteiger partial charge in [0.2, 0.25) is 5.91 Å². The van der Waals surface area contributed by atoms with E-state index in [2.05, 4.69) is 21.2 Å². The third-order valence-corrected chi connectivity index (χ3v) is 3.76. The Hall–Kier alpha value is -0.870. The molecule has 4 heteroatoms. The zero-order valence-electron chi connectivity index (χ0n) is 11.1. The van der Waals surface area contributed by atoms with Gasteiger partial charge in [-0.3, -0.25) is 4.79 Å². The Morgan fingerprint density at radius 3 is 2.67 bits per heavy atom. The van der Waals surface area contributed by atoms with Gasteiger partial charge >= 0.3 is 0 Å². The summed E-state index contributed by atoms with van der Waals surface area (Å²) in [6.45, 7) is 5.99. The van der Waals surface area contributed by atoms with Gasteiger partial charge in [0.25, 0.3) is 0 Å². The van der Waals surface area contributed by atoms with Crippen molar-refractivity contribution in [2.75, 3.05) is 0 Å². The molecular formula is C14H21BrN2O. The number of hydrogen-bond donors (Lipinski definition) is 2. The first-order valence-electron chi connectivity index (χ1n) is 6.27. The monoisotopic (exact) mass is 312 g/mol. The van der Waals surface area contributed by atoms with Crippen LogP contribution in [0.4, 0.5) is 0 Å². The van der Waals surface area contributed by atoms with Crippen LogP contribution >= 0.6 is 15.9 Å². The van der Waals surface area contributed by atoms with E-state index in [1.807, 2.05) is 45.0 Å². The number of nitrogens with two attached hydrogens (primary N) is 1. The van der Waals surface area contributed by atoms with E-state index in [-0.39, 0.29) is 17.9 Å². The summed E-state index contributed by atoms with van der Waals surface area (Å²) in [5, 5.41) is 2.95. The molecule has 3 N–H and O–H groups in total. The second-order valence-corrected chi connectivity index (χ2v) is 5.61. The summed E-state index contributed by atoms with van der Waals surface area (Å²) in [5.41, 5.74) is 6.97. The number of amides is 1. The Bertz CT molecular complexity index is 409. The van der Waals surface area contributed by atoms with Crippen molar-refractivity contribution >= 4 is 21.8 Å². The lowest BCUT2D eigenvalue weighted by molar-refractivity contribution is -0.124. The van der Waals surface area contributed by atoms with Crippen LogP contribution in [-0.2, 0) is 4.79 Å². The summed E-state index contributed by atoms with van der Waals surface area (Å²) in [5.74, 6) is 0.108. The van der Waals surface area contributed by atoms with Gasteiger partial charge in [-0.05, 0) is 30.5 Å². The molecule has 0 fully saturated rings. The molecule has 1 rings (SSSR count). The van der Waals surface area contributed by atoms with Crippen molar-refractivity contribution in [3.63, 3.8) is 0 Å². The molecule has 0 spiro atoms. The van der Waals surface area contributed by atoms with Crippen LogP contribution < -0.4 is 11.1 Å². The Kier molecular flexibility index (Phi) is 5.82. The fourth-order valence-corrected chi connectivity index (χ4v) is 2.10. The summed E-state index contributed by atoms with van der Waals surface area (Å²) in [4.78, 5) is 12.0. The molecule has 18 heavy (non-hydrogen) atoms. The fourth-order valence-electron chi connectivity index (χ4n) is 1.68. The second kappa shape index (κ2) is 6.90. The topological polar surface area (TPSA) is 55.1 Å². The van der Waals surface area contributed by atoms with E-state index in [4.69, 9.17) is 5.73 Å². The van der Waals surface area contributed by atoms with Gasteiger partial charge in [0.05, 0.1) is 12.1 Å². The highest BCUT2D eigenvalue weighted by molar-refractivity contribution is 9.10. The molecule has 0 aromatic heterocycles. The molecule has 0 saturated heterocycles. The largest absolute Gasteiger partial charge is 0.348 e. The number of nitrogens with one attached hydrogen (secondary N) is 1. The molecule has 0 heterocycles. The van der Waals surface area contributed by atoms with Gasteiger partial charge in [-0.15, -0.1) is 0 Å². The predicted octanol–water partition coefficient (Wildman–Crippen LogP) is 3.00. The molecule has 0 radical (unpaired) electrons. The van der Waals surface area contributed by atoms with E-state index in [9.17, 15) is 4.79 Å². The number of carbonyl (C=O) groups is 1. The number of hydrogen-bond acceptors (Lipinski definition) is 2. The van der Waals surface area contributed by atoms with E-state index in [0.717, 1.165) is 16.5 Å². The summed E-state index contributed by atoms with van der Waals surface area (Å²) >= 11 is 3.42. The first kappa shape index (κ1) is 15.2. The van der Waals surface area contributed by atoms with E-state index in [1.165, 1.54) is 0 Å². The third-order valence-electron chi connectivity index (χ3n) is 3.27. The number of benzene rings is 1. The molecular weight excluding hydrogens is 292 g/mol. The number of rotatable bonds is 5. The lowest BCUT2D eigenvalue weighted by Crippen LogP contribution is -2.45.